The minimum atomic E-state index is -0.466. The van der Waals surface area contributed by atoms with Crippen molar-refractivity contribution in [1.82, 2.24) is 4.98 Å². The Hall–Kier alpha value is -0.800. The van der Waals surface area contributed by atoms with Crippen LogP contribution in [0.1, 0.15) is 43.0 Å². The average Bonchev–Trinajstić information content (AvgIpc) is 3.03. The van der Waals surface area contributed by atoms with Crippen LogP contribution in [0.2, 0.25) is 5.02 Å². The normalized spacial score (nSPS) is 17.4. The third kappa shape index (κ3) is 2.66. The van der Waals surface area contributed by atoms with Crippen LogP contribution in [0.5, 0.6) is 0 Å². The predicted molar refractivity (Wildman–Crippen MR) is 65.3 cm³/mol. The Morgan fingerprint density at radius 2 is 2.31 bits per heavy atom. The summed E-state index contributed by atoms with van der Waals surface area (Å²) in [6.07, 6.45) is 4.03. The van der Waals surface area contributed by atoms with Crippen LogP contribution < -0.4 is 5.73 Å². The number of aryl methyl sites for hydroxylation is 1. The number of pyridine rings is 1. The summed E-state index contributed by atoms with van der Waals surface area (Å²) >= 11 is 5.91. The van der Waals surface area contributed by atoms with Gasteiger partial charge in [0, 0.05) is 11.3 Å². The monoisotopic (exact) mass is 240 g/mol. The lowest BCUT2D eigenvalue weighted by Gasteiger charge is -2.14. The molecular weight excluding hydrogens is 224 g/mol. The van der Waals surface area contributed by atoms with E-state index in [1.54, 1.807) is 6.07 Å². The van der Waals surface area contributed by atoms with Gasteiger partial charge >= 0.3 is 0 Å². The molecule has 0 saturated heterocycles. The highest BCUT2D eigenvalue weighted by molar-refractivity contribution is 6.32. The third-order valence-electron chi connectivity index (χ3n) is 3.14. The zero-order valence-corrected chi connectivity index (χ0v) is 10.2. The molecule has 3 N–H and O–H groups in total. The number of rotatable bonds is 4. The summed E-state index contributed by atoms with van der Waals surface area (Å²) in [6.45, 7) is 1.85. The van der Waals surface area contributed by atoms with Crippen molar-refractivity contribution in [2.24, 2.45) is 5.92 Å². The summed E-state index contributed by atoms with van der Waals surface area (Å²) in [5.41, 5.74) is 7.17. The van der Waals surface area contributed by atoms with E-state index in [0.29, 0.717) is 10.8 Å². The lowest BCUT2D eigenvalue weighted by molar-refractivity contribution is 0.161. The summed E-state index contributed by atoms with van der Waals surface area (Å²) in [5, 5.41) is 10.5. The van der Waals surface area contributed by atoms with Gasteiger partial charge in [-0.25, -0.2) is 4.98 Å². The molecule has 1 fully saturated rings. The van der Waals surface area contributed by atoms with Gasteiger partial charge in [-0.1, -0.05) is 24.4 Å². The van der Waals surface area contributed by atoms with Gasteiger partial charge in [0.05, 0.1) is 11.1 Å². The number of halogens is 1. The number of nitrogens with two attached hydrogens (primary N) is 1. The van der Waals surface area contributed by atoms with Gasteiger partial charge in [-0.05, 0) is 31.7 Å². The van der Waals surface area contributed by atoms with Gasteiger partial charge in [-0.15, -0.1) is 0 Å². The Morgan fingerprint density at radius 1 is 1.62 bits per heavy atom. The molecule has 1 aromatic rings. The maximum Gasteiger partial charge on any atom is 0.142 e. The Labute approximate surface area is 101 Å². The molecule has 1 saturated carbocycles. The van der Waals surface area contributed by atoms with Crippen molar-refractivity contribution < 1.29 is 5.11 Å². The zero-order chi connectivity index (χ0) is 11.7. The number of aromatic nitrogens is 1. The van der Waals surface area contributed by atoms with Crippen LogP contribution in [0.4, 0.5) is 5.82 Å². The molecule has 0 bridgehead atoms. The van der Waals surface area contributed by atoms with Gasteiger partial charge in [0.25, 0.3) is 0 Å². The third-order valence-corrected chi connectivity index (χ3v) is 3.44. The van der Waals surface area contributed by atoms with Crippen molar-refractivity contribution in [2.75, 3.05) is 5.73 Å². The fourth-order valence-corrected chi connectivity index (χ4v) is 2.07. The second-order valence-electron chi connectivity index (χ2n) is 4.57. The largest absolute Gasteiger partial charge is 0.388 e. The maximum absolute atomic E-state index is 10.1. The number of aliphatic hydroxyl groups is 1. The fourth-order valence-electron chi connectivity index (χ4n) is 1.91. The first-order chi connectivity index (χ1) is 7.58. The molecule has 0 amide bonds. The molecule has 3 nitrogen and oxygen atoms in total. The molecule has 2 rings (SSSR count). The number of nitrogens with zero attached hydrogens (tertiary/aromatic N) is 1. The van der Waals surface area contributed by atoms with E-state index in [0.717, 1.165) is 30.0 Å². The van der Waals surface area contributed by atoms with E-state index in [4.69, 9.17) is 17.3 Å². The van der Waals surface area contributed by atoms with Gasteiger partial charge in [-0.3, -0.25) is 0 Å². The summed E-state index contributed by atoms with van der Waals surface area (Å²) in [4.78, 5) is 4.12. The molecular formula is C12H17ClN2O. The van der Waals surface area contributed by atoms with Crippen molar-refractivity contribution in [1.29, 1.82) is 0 Å². The SMILES string of the molecule is Cc1nc(N)c(Cl)cc1[C@@H](O)CCC1CC1. The van der Waals surface area contributed by atoms with E-state index >= 15 is 0 Å². The standard InChI is InChI=1S/C12H17ClN2O/c1-7-9(6-10(13)12(14)15-7)11(16)5-4-8-2-3-8/h6,8,11,16H,2-5H2,1H3,(H2,14,15)/t11-/m0/s1. The molecule has 0 unspecified atom stereocenters. The Bertz CT molecular complexity index is 391. The number of hydrogen-bond donors (Lipinski definition) is 2. The van der Waals surface area contributed by atoms with Gasteiger partial charge in [0.15, 0.2) is 0 Å². The van der Waals surface area contributed by atoms with E-state index < -0.39 is 6.10 Å². The minimum Gasteiger partial charge on any atom is -0.388 e. The molecule has 1 aliphatic carbocycles. The second kappa shape index (κ2) is 4.60. The molecule has 1 aromatic heterocycles. The first kappa shape index (κ1) is 11.7. The Balaban J connectivity index is 2.08. The van der Waals surface area contributed by atoms with Crippen molar-refractivity contribution in [3.63, 3.8) is 0 Å². The lowest BCUT2D eigenvalue weighted by Crippen LogP contribution is -2.04. The van der Waals surface area contributed by atoms with Gasteiger partial charge in [-0.2, -0.15) is 0 Å². The molecule has 0 aromatic carbocycles. The van der Waals surface area contributed by atoms with E-state index in [-0.39, 0.29) is 0 Å². The highest BCUT2D eigenvalue weighted by Gasteiger charge is 2.23. The van der Waals surface area contributed by atoms with Crippen LogP contribution in [0, 0.1) is 12.8 Å². The first-order valence-electron chi connectivity index (χ1n) is 5.68. The van der Waals surface area contributed by atoms with Crippen molar-refractivity contribution >= 4 is 17.4 Å². The number of nitrogen functional groups attached to an aromatic ring is 1. The van der Waals surface area contributed by atoms with Crippen LogP contribution in [0.25, 0.3) is 0 Å². The molecule has 1 atom stereocenters. The van der Waals surface area contributed by atoms with Crippen LogP contribution in [0.3, 0.4) is 0 Å². The molecule has 16 heavy (non-hydrogen) atoms. The Kier molecular flexibility index (Phi) is 3.36. The van der Waals surface area contributed by atoms with Gasteiger partial charge in [0.1, 0.15) is 5.82 Å². The number of aliphatic hydroxyl groups excluding tert-OH is 1. The number of hydrogen-bond acceptors (Lipinski definition) is 3. The van der Waals surface area contributed by atoms with E-state index in [1.807, 2.05) is 6.92 Å². The zero-order valence-electron chi connectivity index (χ0n) is 9.41. The molecule has 0 spiro atoms. The average molecular weight is 241 g/mol. The summed E-state index contributed by atoms with van der Waals surface area (Å²) < 4.78 is 0. The fraction of sp³-hybridized carbons (Fsp3) is 0.583. The first-order valence-corrected chi connectivity index (χ1v) is 6.06. The van der Waals surface area contributed by atoms with Crippen molar-refractivity contribution in [2.45, 2.75) is 38.7 Å². The Morgan fingerprint density at radius 3 is 2.94 bits per heavy atom. The van der Waals surface area contributed by atoms with Crippen LogP contribution >= 0.6 is 11.6 Å². The second-order valence-corrected chi connectivity index (χ2v) is 4.97. The van der Waals surface area contributed by atoms with Crippen LogP contribution in [-0.4, -0.2) is 10.1 Å². The molecule has 0 aliphatic heterocycles. The molecule has 88 valence electrons. The molecule has 1 heterocycles. The highest BCUT2D eigenvalue weighted by atomic mass is 35.5. The van der Waals surface area contributed by atoms with Crippen molar-refractivity contribution in [3.05, 3.63) is 22.3 Å². The topological polar surface area (TPSA) is 59.1 Å². The highest BCUT2D eigenvalue weighted by Crippen LogP contribution is 2.36. The molecule has 1 aliphatic rings. The summed E-state index contributed by atoms with van der Waals surface area (Å²) in [5.74, 6) is 1.16. The summed E-state index contributed by atoms with van der Waals surface area (Å²) in [6, 6.07) is 1.73. The predicted octanol–water partition coefficient (Wildman–Crippen LogP) is 2.85. The number of anilines is 1. The van der Waals surface area contributed by atoms with E-state index in [1.165, 1.54) is 12.8 Å². The smallest absolute Gasteiger partial charge is 0.142 e. The maximum atomic E-state index is 10.1. The van der Waals surface area contributed by atoms with Crippen LogP contribution in [-0.2, 0) is 0 Å². The van der Waals surface area contributed by atoms with Gasteiger partial charge in [0.2, 0.25) is 0 Å². The van der Waals surface area contributed by atoms with Gasteiger partial charge < -0.3 is 10.8 Å². The lowest BCUT2D eigenvalue weighted by atomic mass is 10.0. The van der Waals surface area contributed by atoms with Crippen molar-refractivity contribution in [3.8, 4) is 0 Å². The minimum absolute atomic E-state index is 0.331. The summed E-state index contributed by atoms with van der Waals surface area (Å²) in [7, 11) is 0. The van der Waals surface area contributed by atoms with E-state index in [2.05, 4.69) is 4.98 Å². The molecule has 0 radical (unpaired) electrons. The molecule has 4 heteroatoms. The van der Waals surface area contributed by atoms with Crippen LogP contribution in [0.15, 0.2) is 6.07 Å². The van der Waals surface area contributed by atoms with E-state index in [9.17, 15) is 5.11 Å². The quantitative estimate of drug-likeness (QED) is 0.851.